The van der Waals surface area contributed by atoms with Gasteiger partial charge in [0.05, 0.1) is 30.3 Å². The minimum Gasteiger partial charge on any atom is -0.462 e. The van der Waals surface area contributed by atoms with Crippen molar-refractivity contribution in [3.63, 3.8) is 0 Å². The van der Waals surface area contributed by atoms with Gasteiger partial charge in [-0.1, -0.05) is 0 Å². The molecule has 0 amide bonds. The molecule has 0 aromatic rings. The lowest BCUT2D eigenvalue weighted by atomic mass is 9.80. The molecule has 94 valence electrons. The third kappa shape index (κ3) is 1.78. The molecule has 0 radical (unpaired) electrons. The molecule has 4 heteroatoms. The Morgan fingerprint density at radius 2 is 1.82 bits per heavy atom. The van der Waals surface area contributed by atoms with Crippen molar-refractivity contribution in [1.29, 1.82) is 0 Å². The Balaban J connectivity index is 1.33. The number of hydrogen-bond donors (Lipinski definition) is 0. The molecule has 0 N–H and O–H groups in total. The zero-order chi connectivity index (χ0) is 11.4. The molecule has 2 bridgehead atoms. The maximum Gasteiger partial charge on any atom is 0.311 e. The summed E-state index contributed by atoms with van der Waals surface area (Å²) in [7, 11) is 0. The lowest BCUT2D eigenvalue weighted by Gasteiger charge is -2.45. The van der Waals surface area contributed by atoms with Crippen molar-refractivity contribution in [2.24, 2.45) is 5.92 Å². The third-order valence-corrected chi connectivity index (χ3v) is 4.65. The number of ether oxygens (including phenoxy) is 3. The molecule has 6 unspecified atom stereocenters. The fourth-order valence-corrected chi connectivity index (χ4v) is 3.49. The summed E-state index contributed by atoms with van der Waals surface area (Å²) in [4.78, 5) is 12.1. The van der Waals surface area contributed by atoms with E-state index in [-0.39, 0.29) is 24.1 Å². The number of carbonyl (C=O) groups excluding carboxylic acids is 1. The molecule has 0 spiro atoms. The Morgan fingerprint density at radius 3 is 2.53 bits per heavy atom. The van der Waals surface area contributed by atoms with Crippen molar-refractivity contribution in [3.05, 3.63) is 0 Å². The Kier molecular flexibility index (Phi) is 2.24. The molecule has 2 aliphatic carbocycles. The number of epoxide rings is 1. The molecule has 4 nitrogen and oxygen atoms in total. The summed E-state index contributed by atoms with van der Waals surface area (Å²) in [5.41, 5.74) is 0. The van der Waals surface area contributed by atoms with Gasteiger partial charge in [-0.3, -0.25) is 4.79 Å². The van der Waals surface area contributed by atoms with Gasteiger partial charge in [0, 0.05) is 12.8 Å². The number of esters is 1. The van der Waals surface area contributed by atoms with Crippen LogP contribution in [0.2, 0.25) is 0 Å². The quantitative estimate of drug-likeness (QED) is 0.539. The van der Waals surface area contributed by atoms with Gasteiger partial charge in [0.25, 0.3) is 0 Å². The molecule has 0 aromatic heterocycles. The first kappa shape index (κ1) is 10.3. The van der Waals surface area contributed by atoms with Crippen LogP contribution in [0.15, 0.2) is 0 Å². The van der Waals surface area contributed by atoms with Crippen LogP contribution in [0.1, 0.15) is 38.5 Å². The van der Waals surface area contributed by atoms with E-state index in [9.17, 15) is 4.79 Å². The minimum absolute atomic E-state index is 0.00200. The van der Waals surface area contributed by atoms with Crippen LogP contribution in [-0.4, -0.2) is 36.5 Å². The predicted molar refractivity (Wildman–Crippen MR) is 58.4 cm³/mol. The summed E-state index contributed by atoms with van der Waals surface area (Å²) in [6.07, 6.45) is 7.45. The average molecular weight is 238 g/mol. The number of rotatable bonds is 2. The highest BCUT2D eigenvalue weighted by atomic mass is 16.6. The lowest BCUT2D eigenvalue weighted by molar-refractivity contribution is -0.204. The van der Waals surface area contributed by atoms with Crippen LogP contribution >= 0.6 is 0 Å². The van der Waals surface area contributed by atoms with Gasteiger partial charge in [-0.25, -0.2) is 0 Å². The second-order valence-corrected chi connectivity index (χ2v) is 5.80. The number of carbonyl (C=O) groups is 1. The first-order chi connectivity index (χ1) is 8.29. The SMILES string of the molecule is O=C(OC1CCC2OC2C1)C1CCC2CC1O2. The summed E-state index contributed by atoms with van der Waals surface area (Å²) in [5.74, 6) is -0.0323. The highest BCUT2D eigenvalue weighted by molar-refractivity contribution is 5.73. The van der Waals surface area contributed by atoms with E-state index < -0.39 is 0 Å². The van der Waals surface area contributed by atoms with Gasteiger partial charge in [-0.15, -0.1) is 0 Å². The largest absolute Gasteiger partial charge is 0.462 e. The second-order valence-electron chi connectivity index (χ2n) is 5.80. The van der Waals surface area contributed by atoms with E-state index >= 15 is 0 Å². The fourth-order valence-electron chi connectivity index (χ4n) is 3.49. The summed E-state index contributed by atoms with van der Waals surface area (Å²) in [5, 5.41) is 0. The molecule has 3 saturated heterocycles. The first-order valence-electron chi connectivity index (χ1n) is 6.81. The second kappa shape index (κ2) is 3.69. The smallest absolute Gasteiger partial charge is 0.311 e. The van der Waals surface area contributed by atoms with E-state index in [2.05, 4.69) is 0 Å². The topological polar surface area (TPSA) is 48.1 Å². The average Bonchev–Trinajstić information content (AvgIpc) is 3.06. The van der Waals surface area contributed by atoms with Gasteiger partial charge in [0.1, 0.15) is 6.10 Å². The van der Waals surface area contributed by atoms with Crippen molar-refractivity contribution in [2.75, 3.05) is 0 Å². The molecule has 6 atom stereocenters. The van der Waals surface area contributed by atoms with Crippen LogP contribution in [0.5, 0.6) is 0 Å². The van der Waals surface area contributed by atoms with Crippen molar-refractivity contribution in [1.82, 2.24) is 0 Å². The monoisotopic (exact) mass is 238 g/mol. The van der Waals surface area contributed by atoms with Gasteiger partial charge < -0.3 is 14.2 Å². The van der Waals surface area contributed by atoms with Gasteiger partial charge >= 0.3 is 5.97 Å². The summed E-state index contributed by atoms with van der Waals surface area (Å²) in [6, 6.07) is 0. The van der Waals surface area contributed by atoms with Crippen LogP contribution in [0.25, 0.3) is 0 Å². The highest BCUT2D eigenvalue weighted by Crippen LogP contribution is 2.41. The molecule has 17 heavy (non-hydrogen) atoms. The van der Waals surface area contributed by atoms with Crippen molar-refractivity contribution in [3.8, 4) is 0 Å². The molecule has 5 rings (SSSR count). The highest BCUT2D eigenvalue weighted by Gasteiger charge is 2.48. The number of fused-ring (bicyclic) bond motifs is 3. The molecule has 5 aliphatic rings. The van der Waals surface area contributed by atoms with E-state index in [1.54, 1.807) is 0 Å². The Hall–Kier alpha value is -0.610. The van der Waals surface area contributed by atoms with Crippen LogP contribution in [-0.2, 0) is 19.0 Å². The molecule has 3 heterocycles. The number of hydrogen-bond acceptors (Lipinski definition) is 4. The van der Waals surface area contributed by atoms with E-state index in [0.29, 0.717) is 18.3 Å². The maximum absolute atomic E-state index is 12.1. The summed E-state index contributed by atoms with van der Waals surface area (Å²) < 4.78 is 16.7. The Bertz CT molecular complexity index is 334. The fraction of sp³-hybridized carbons (Fsp3) is 0.923. The van der Waals surface area contributed by atoms with Crippen molar-refractivity contribution < 1.29 is 19.0 Å². The summed E-state index contributed by atoms with van der Waals surface area (Å²) in [6.45, 7) is 0. The molecule has 0 aromatic carbocycles. The van der Waals surface area contributed by atoms with Gasteiger partial charge in [-0.05, 0) is 25.7 Å². The lowest BCUT2D eigenvalue weighted by Crippen LogP contribution is -2.51. The molecule has 5 fully saturated rings. The van der Waals surface area contributed by atoms with Crippen LogP contribution in [0.3, 0.4) is 0 Å². The van der Waals surface area contributed by atoms with Crippen molar-refractivity contribution >= 4 is 5.97 Å². The maximum atomic E-state index is 12.1. The van der Waals surface area contributed by atoms with E-state index in [1.807, 2.05) is 0 Å². The van der Waals surface area contributed by atoms with Crippen molar-refractivity contribution in [2.45, 2.75) is 69.0 Å². The van der Waals surface area contributed by atoms with E-state index in [1.165, 1.54) is 0 Å². The zero-order valence-corrected chi connectivity index (χ0v) is 9.84. The Labute approximate surface area is 101 Å². The first-order valence-corrected chi connectivity index (χ1v) is 6.81. The molecule has 2 saturated carbocycles. The van der Waals surface area contributed by atoms with Gasteiger partial charge in [0.2, 0.25) is 0 Å². The molecular weight excluding hydrogens is 220 g/mol. The minimum atomic E-state index is -0.0303. The standard InChI is InChI=1S/C13H18O4/c14-13(9-3-1-7-5-11(9)15-7)16-8-2-4-10-12(6-8)17-10/h7-12H,1-6H2. The normalized spacial score (nSPS) is 51.1. The van der Waals surface area contributed by atoms with Gasteiger partial charge in [0.15, 0.2) is 0 Å². The zero-order valence-electron chi connectivity index (χ0n) is 9.84. The Morgan fingerprint density at radius 1 is 0.941 bits per heavy atom. The van der Waals surface area contributed by atoms with Crippen LogP contribution in [0.4, 0.5) is 0 Å². The van der Waals surface area contributed by atoms with Crippen LogP contribution in [0, 0.1) is 5.92 Å². The molecule has 3 aliphatic heterocycles. The van der Waals surface area contributed by atoms with E-state index in [0.717, 1.165) is 38.5 Å². The predicted octanol–water partition coefficient (Wildman–Crippen LogP) is 1.42. The summed E-state index contributed by atoms with van der Waals surface area (Å²) >= 11 is 0. The van der Waals surface area contributed by atoms with E-state index in [4.69, 9.17) is 14.2 Å². The van der Waals surface area contributed by atoms with Gasteiger partial charge in [-0.2, -0.15) is 0 Å². The van der Waals surface area contributed by atoms with Crippen LogP contribution < -0.4 is 0 Å². The molecular formula is C13H18O4. The third-order valence-electron chi connectivity index (χ3n) is 4.65.